The molecule has 88 heavy (non-hydrogen) atoms. The van der Waals surface area contributed by atoms with Crippen LogP contribution in [0.4, 0.5) is 45.5 Å². The third kappa shape index (κ3) is 22.5. The van der Waals surface area contributed by atoms with Crippen molar-refractivity contribution < 1.29 is 24.5 Å². The Kier molecular flexibility index (Phi) is 26.5. The summed E-state index contributed by atoms with van der Waals surface area (Å²) in [6, 6.07) is 66.6. The SMILES string of the molecule is CCCCCc1ccc(COc2ccc(N=Nc3ccc(C)c(C(=O)O)c3)cc2)cc1.CCCCCc1ccc(N=Nc2ccc(-c3ccc(N=Nc4ccc(C)cc4)cc3)cc2)cc1.CCCCCc1ccc(N=Nc2ccc(C)c(C(=O)O)c2)cc1. The van der Waals surface area contributed by atoms with Gasteiger partial charge in [-0.2, -0.15) is 40.9 Å². The van der Waals surface area contributed by atoms with E-state index >= 15 is 0 Å². The fraction of sp³-hybridized carbons (Fsp3) is 0.253. The normalized spacial score (nSPS) is 11.2. The van der Waals surface area contributed by atoms with Crippen LogP contribution in [0, 0.1) is 20.8 Å². The molecule has 450 valence electrons. The van der Waals surface area contributed by atoms with Gasteiger partial charge in [-0.05, 0) is 213 Å². The molecule has 9 aromatic carbocycles. The first-order chi connectivity index (χ1) is 42.8. The zero-order valence-electron chi connectivity index (χ0n) is 51.5. The molecule has 0 heterocycles. The molecule has 2 N–H and O–H groups in total. The Labute approximate surface area is 518 Å². The van der Waals surface area contributed by atoms with Gasteiger partial charge < -0.3 is 14.9 Å². The van der Waals surface area contributed by atoms with Crippen LogP contribution in [0.2, 0.25) is 0 Å². The predicted molar refractivity (Wildman–Crippen MR) is 356 cm³/mol. The lowest BCUT2D eigenvalue weighted by Crippen LogP contribution is -1.98. The lowest BCUT2D eigenvalue weighted by atomic mass is 10.1. The maximum Gasteiger partial charge on any atom is 0.336 e. The maximum atomic E-state index is 11.2. The zero-order valence-corrected chi connectivity index (χ0v) is 51.5. The number of hydrogen-bond donors (Lipinski definition) is 2. The number of rotatable bonds is 26. The number of hydrogen-bond acceptors (Lipinski definition) is 11. The van der Waals surface area contributed by atoms with Gasteiger partial charge in [-0.25, -0.2) is 9.59 Å². The van der Waals surface area contributed by atoms with Crippen molar-refractivity contribution in [2.75, 3.05) is 0 Å². The molecule has 0 atom stereocenters. The van der Waals surface area contributed by atoms with Crippen LogP contribution in [-0.4, -0.2) is 22.2 Å². The third-order valence-corrected chi connectivity index (χ3v) is 14.5. The van der Waals surface area contributed by atoms with Gasteiger partial charge in [0.1, 0.15) is 12.4 Å². The molecule has 9 rings (SSSR count). The predicted octanol–water partition coefficient (Wildman–Crippen LogP) is 23.5. The minimum absolute atomic E-state index is 0.231. The van der Waals surface area contributed by atoms with E-state index in [9.17, 15) is 14.7 Å². The number of carbonyl (C=O) groups is 2. The van der Waals surface area contributed by atoms with Gasteiger partial charge in [-0.15, -0.1) is 0 Å². The zero-order chi connectivity index (χ0) is 62.3. The molecule has 0 unspecified atom stereocenters. The van der Waals surface area contributed by atoms with Crippen LogP contribution in [0.25, 0.3) is 11.1 Å². The average Bonchev–Trinajstić information content (AvgIpc) is 3.71. The van der Waals surface area contributed by atoms with E-state index in [1.807, 2.05) is 97.1 Å². The van der Waals surface area contributed by atoms with Gasteiger partial charge in [-0.1, -0.05) is 162 Å². The van der Waals surface area contributed by atoms with Crippen molar-refractivity contribution in [1.29, 1.82) is 0 Å². The summed E-state index contributed by atoms with van der Waals surface area (Å²) in [5, 5.41) is 52.4. The fourth-order valence-electron chi connectivity index (χ4n) is 9.09. The molecule has 13 nitrogen and oxygen atoms in total. The molecule has 0 aliphatic rings. The molecular formula is C75H80N8O5. The van der Waals surface area contributed by atoms with E-state index in [2.05, 4.69) is 141 Å². The molecule has 0 radical (unpaired) electrons. The van der Waals surface area contributed by atoms with E-state index < -0.39 is 11.9 Å². The molecule has 0 saturated heterocycles. The molecular weight excluding hydrogens is 1090 g/mol. The largest absolute Gasteiger partial charge is 0.489 e. The van der Waals surface area contributed by atoms with Gasteiger partial charge in [0, 0.05) is 0 Å². The Hall–Kier alpha value is -9.88. The van der Waals surface area contributed by atoms with Crippen molar-refractivity contribution in [3.8, 4) is 16.9 Å². The van der Waals surface area contributed by atoms with Gasteiger partial charge >= 0.3 is 11.9 Å². The summed E-state index contributed by atoms with van der Waals surface area (Å²) in [4.78, 5) is 22.4. The summed E-state index contributed by atoms with van der Waals surface area (Å²) in [5.41, 5.74) is 16.4. The van der Waals surface area contributed by atoms with E-state index in [1.165, 1.54) is 86.1 Å². The Bertz CT molecular complexity index is 3710. The molecule has 0 amide bonds. The van der Waals surface area contributed by atoms with Crippen molar-refractivity contribution >= 4 is 57.4 Å². The molecule has 13 heteroatoms. The molecule has 0 spiro atoms. The van der Waals surface area contributed by atoms with Crippen LogP contribution in [0.3, 0.4) is 0 Å². The Morgan fingerprint density at radius 3 is 0.932 bits per heavy atom. The number of carboxylic acid groups (broad SMARTS) is 2. The fourth-order valence-corrected chi connectivity index (χ4v) is 9.09. The van der Waals surface area contributed by atoms with E-state index in [-0.39, 0.29) is 11.1 Å². The van der Waals surface area contributed by atoms with Gasteiger partial charge in [0.15, 0.2) is 0 Å². The molecule has 0 aromatic heterocycles. The van der Waals surface area contributed by atoms with Crippen LogP contribution in [-0.2, 0) is 25.9 Å². The van der Waals surface area contributed by atoms with Crippen molar-refractivity contribution in [3.63, 3.8) is 0 Å². The van der Waals surface area contributed by atoms with E-state index in [0.717, 1.165) is 70.1 Å². The number of nitrogens with zero attached hydrogens (tertiary/aromatic N) is 8. The number of unbranched alkanes of at least 4 members (excludes halogenated alkanes) is 6. The average molecular weight is 1170 g/mol. The molecule has 0 fully saturated rings. The summed E-state index contributed by atoms with van der Waals surface area (Å²) in [7, 11) is 0. The topological polar surface area (TPSA) is 183 Å². The highest BCUT2D eigenvalue weighted by molar-refractivity contribution is 5.91. The first kappa shape index (κ1) is 65.7. The van der Waals surface area contributed by atoms with E-state index in [4.69, 9.17) is 9.84 Å². The highest BCUT2D eigenvalue weighted by Gasteiger charge is 2.10. The van der Waals surface area contributed by atoms with Gasteiger partial charge in [0.25, 0.3) is 0 Å². The molecule has 0 aliphatic carbocycles. The number of aryl methyl sites for hydroxylation is 6. The molecule has 0 saturated carbocycles. The second kappa shape index (κ2) is 35.5. The molecule has 9 aromatic rings. The maximum absolute atomic E-state index is 11.2. The monoisotopic (exact) mass is 1170 g/mol. The van der Waals surface area contributed by atoms with Crippen molar-refractivity contribution in [1.82, 2.24) is 0 Å². The highest BCUT2D eigenvalue weighted by Crippen LogP contribution is 2.29. The number of benzene rings is 9. The standard InChI is InChI=1S/C30H30N4.C26H28N2O3.C19H22N2O2/c1-3-4-5-6-24-9-17-28(18-10-24)32-34-30-21-13-26(14-22-30)25-11-19-29(20-12-25)33-31-27-15-7-23(2)8-16-27;1-3-4-5-6-20-8-10-21(11-9-20)18-31-24-15-13-22(14-16-24)27-28-23-12-7-19(2)25(17-23)26(29)30;1-3-4-5-6-15-8-11-16(12-9-15)20-21-17-10-7-14(2)18(13-17)19(22)23/h7-22H,3-6H2,1-2H3;7-17H,3-6,18H2,1-2H3,(H,29,30);7-13H,3-6H2,1-2H3,(H,22,23). The second-order valence-corrected chi connectivity index (χ2v) is 21.6. The van der Waals surface area contributed by atoms with Crippen LogP contribution in [0.5, 0.6) is 5.75 Å². The van der Waals surface area contributed by atoms with Gasteiger partial charge in [-0.3, -0.25) is 0 Å². The van der Waals surface area contributed by atoms with E-state index in [1.54, 1.807) is 44.2 Å². The Balaban J connectivity index is 0.000000192. The minimum Gasteiger partial charge on any atom is -0.489 e. The Morgan fingerprint density at radius 1 is 0.330 bits per heavy atom. The smallest absolute Gasteiger partial charge is 0.336 e. The first-order valence-electron chi connectivity index (χ1n) is 30.4. The third-order valence-electron chi connectivity index (χ3n) is 14.5. The van der Waals surface area contributed by atoms with Crippen LogP contribution >= 0.6 is 0 Å². The first-order valence-corrected chi connectivity index (χ1v) is 30.4. The van der Waals surface area contributed by atoms with Crippen molar-refractivity contribution in [3.05, 3.63) is 256 Å². The number of carboxylic acids is 2. The van der Waals surface area contributed by atoms with E-state index in [0.29, 0.717) is 34.8 Å². The number of azo groups is 4. The quantitative estimate of drug-likeness (QED) is 0.0403. The Morgan fingerprint density at radius 2 is 0.602 bits per heavy atom. The summed E-state index contributed by atoms with van der Waals surface area (Å²) in [6.07, 6.45) is 14.5. The van der Waals surface area contributed by atoms with Crippen LogP contribution < -0.4 is 4.74 Å². The summed E-state index contributed by atoms with van der Waals surface area (Å²) >= 11 is 0. The summed E-state index contributed by atoms with van der Waals surface area (Å²) in [5.74, 6) is -1.16. The van der Waals surface area contributed by atoms with Gasteiger partial charge in [0.05, 0.1) is 56.6 Å². The second-order valence-electron chi connectivity index (χ2n) is 21.6. The number of aromatic carboxylic acids is 2. The summed E-state index contributed by atoms with van der Waals surface area (Å²) in [6.45, 7) is 12.7. The van der Waals surface area contributed by atoms with Crippen molar-refractivity contribution in [2.24, 2.45) is 40.9 Å². The molecule has 0 bridgehead atoms. The van der Waals surface area contributed by atoms with Crippen LogP contribution in [0.1, 0.15) is 138 Å². The lowest BCUT2D eigenvalue weighted by molar-refractivity contribution is 0.0685. The number of ether oxygens (including phenoxy) is 1. The lowest BCUT2D eigenvalue weighted by Gasteiger charge is -2.07. The minimum atomic E-state index is -0.970. The summed E-state index contributed by atoms with van der Waals surface area (Å²) < 4.78 is 5.87. The highest BCUT2D eigenvalue weighted by atomic mass is 16.5. The van der Waals surface area contributed by atoms with Crippen molar-refractivity contribution in [2.45, 2.75) is 125 Å². The molecule has 0 aliphatic heterocycles. The van der Waals surface area contributed by atoms with Crippen LogP contribution in [0.15, 0.2) is 247 Å². The van der Waals surface area contributed by atoms with Gasteiger partial charge in [0.2, 0.25) is 0 Å².